The first kappa shape index (κ1) is 12.6. The van der Waals surface area contributed by atoms with Gasteiger partial charge in [0.1, 0.15) is 0 Å². The Morgan fingerprint density at radius 2 is 2.11 bits per heavy atom. The molecule has 2 N–H and O–H groups in total. The van der Waals surface area contributed by atoms with Gasteiger partial charge in [0.25, 0.3) is 0 Å². The normalized spacial score (nSPS) is 33.3. The zero-order valence-electron chi connectivity index (χ0n) is 10.7. The second kappa shape index (κ2) is 4.62. The molecule has 4 heteroatoms. The van der Waals surface area contributed by atoms with E-state index in [0.29, 0.717) is 25.9 Å². The largest absolute Gasteiger partial charge is 0.481 e. The number of hydrogen-bond donors (Lipinski definition) is 2. The van der Waals surface area contributed by atoms with E-state index in [-0.39, 0.29) is 6.10 Å². The number of carbonyl (C=O) groups is 1. The molecule has 0 saturated heterocycles. The highest BCUT2D eigenvalue weighted by Gasteiger charge is 2.48. The Morgan fingerprint density at radius 1 is 1.37 bits per heavy atom. The van der Waals surface area contributed by atoms with E-state index in [1.54, 1.807) is 0 Å². The molecule has 0 amide bonds. The van der Waals surface area contributed by atoms with Crippen LogP contribution in [0, 0.1) is 5.92 Å². The number of carboxylic acids is 1. The van der Waals surface area contributed by atoms with Crippen molar-refractivity contribution in [2.24, 2.45) is 5.92 Å². The molecule has 4 nitrogen and oxygen atoms in total. The van der Waals surface area contributed by atoms with Gasteiger partial charge >= 0.3 is 5.97 Å². The van der Waals surface area contributed by atoms with Crippen LogP contribution in [0.3, 0.4) is 0 Å². The smallest absolute Gasteiger partial charge is 0.306 e. The van der Waals surface area contributed by atoms with Crippen molar-refractivity contribution in [1.82, 2.24) is 0 Å². The van der Waals surface area contributed by atoms with E-state index in [1.165, 1.54) is 5.56 Å². The maximum Gasteiger partial charge on any atom is 0.306 e. The zero-order chi connectivity index (χ0) is 13.5. The molecule has 0 bridgehead atoms. The van der Waals surface area contributed by atoms with Crippen molar-refractivity contribution in [3.8, 4) is 0 Å². The molecule has 2 aliphatic rings. The van der Waals surface area contributed by atoms with E-state index in [9.17, 15) is 9.90 Å². The topological polar surface area (TPSA) is 66.8 Å². The van der Waals surface area contributed by atoms with Crippen molar-refractivity contribution < 1.29 is 19.7 Å². The van der Waals surface area contributed by atoms with Crippen molar-refractivity contribution in [3.63, 3.8) is 0 Å². The zero-order valence-corrected chi connectivity index (χ0v) is 10.7. The van der Waals surface area contributed by atoms with E-state index in [4.69, 9.17) is 9.84 Å². The van der Waals surface area contributed by atoms with Gasteiger partial charge < -0.3 is 14.9 Å². The van der Waals surface area contributed by atoms with Crippen LogP contribution < -0.4 is 0 Å². The SMILES string of the molecule is O=C(O)C1CC(O)(CC2OCCc3ccccc32)C1. The lowest BCUT2D eigenvalue weighted by molar-refractivity contribution is -0.164. The summed E-state index contributed by atoms with van der Waals surface area (Å²) in [6.45, 7) is 0.667. The van der Waals surface area contributed by atoms with E-state index in [0.717, 1.165) is 12.0 Å². The molecule has 1 unspecified atom stereocenters. The summed E-state index contributed by atoms with van der Waals surface area (Å²) in [5.74, 6) is -1.21. The number of ether oxygens (including phenoxy) is 1. The van der Waals surface area contributed by atoms with Gasteiger partial charge in [-0.05, 0) is 30.4 Å². The van der Waals surface area contributed by atoms with Gasteiger partial charge in [0, 0.05) is 6.42 Å². The molecule has 0 aromatic heterocycles. The monoisotopic (exact) mass is 262 g/mol. The Labute approximate surface area is 112 Å². The molecule has 1 saturated carbocycles. The number of benzene rings is 1. The molecule has 102 valence electrons. The highest BCUT2D eigenvalue weighted by Crippen LogP contribution is 2.45. The Hall–Kier alpha value is -1.39. The summed E-state index contributed by atoms with van der Waals surface area (Å²) in [6.07, 6.45) is 1.97. The third-order valence-corrected chi connectivity index (χ3v) is 4.26. The van der Waals surface area contributed by atoms with Gasteiger partial charge in [-0.2, -0.15) is 0 Å². The van der Waals surface area contributed by atoms with Gasteiger partial charge in [0.2, 0.25) is 0 Å². The summed E-state index contributed by atoms with van der Waals surface area (Å²) in [7, 11) is 0. The number of carboxylic acid groups (broad SMARTS) is 1. The summed E-state index contributed by atoms with van der Waals surface area (Å²) in [6, 6.07) is 8.12. The van der Waals surface area contributed by atoms with Gasteiger partial charge in [-0.15, -0.1) is 0 Å². The molecule has 1 aliphatic carbocycles. The minimum Gasteiger partial charge on any atom is -0.481 e. The lowest BCUT2D eigenvalue weighted by Crippen LogP contribution is -2.48. The van der Waals surface area contributed by atoms with Crippen LogP contribution in [0.2, 0.25) is 0 Å². The quantitative estimate of drug-likeness (QED) is 0.873. The Morgan fingerprint density at radius 3 is 2.84 bits per heavy atom. The maximum atomic E-state index is 10.8. The van der Waals surface area contributed by atoms with E-state index in [1.807, 2.05) is 18.2 Å². The number of fused-ring (bicyclic) bond motifs is 1. The van der Waals surface area contributed by atoms with Gasteiger partial charge in [0.15, 0.2) is 0 Å². The molecule has 3 rings (SSSR count). The fourth-order valence-electron chi connectivity index (χ4n) is 3.19. The first-order valence-corrected chi connectivity index (χ1v) is 6.72. The molecule has 1 atom stereocenters. The fourth-order valence-corrected chi connectivity index (χ4v) is 3.19. The minimum absolute atomic E-state index is 0.107. The number of hydrogen-bond acceptors (Lipinski definition) is 3. The van der Waals surface area contributed by atoms with Crippen LogP contribution in [0.5, 0.6) is 0 Å². The minimum atomic E-state index is -0.877. The van der Waals surface area contributed by atoms with Gasteiger partial charge in [-0.3, -0.25) is 4.79 Å². The number of rotatable bonds is 3. The molecular weight excluding hydrogens is 244 g/mol. The highest BCUT2D eigenvalue weighted by atomic mass is 16.5. The van der Waals surface area contributed by atoms with Crippen molar-refractivity contribution in [2.45, 2.75) is 37.4 Å². The Balaban J connectivity index is 1.70. The molecule has 1 aromatic carbocycles. The molecule has 1 fully saturated rings. The van der Waals surface area contributed by atoms with Crippen molar-refractivity contribution in [2.75, 3.05) is 6.61 Å². The van der Waals surface area contributed by atoms with Crippen LogP contribution in [-0.4, -0.2) is 28.4 Å². The second-order valence-corrected chi connectivity index (χ2v) is 5.68. The van der Waals surface area contributed by atoms with Crippen molar-refractivity contribution in [3.05, 3.63) is 35.4 Å². The summed E-state index contributed by atoms with van der Waals surface area (Å²) in [5, 5.41) is 19.3. The summed E-state index contributed by atoms with van der Waals surface area (Å²) >= 11 is 0. The number of aliphatic hydroxyl groups is 1. The fraction of sp³-hybridized carbons (Fsp3) is 0.533. The van der Waals surface area contributed by atoms with E-state index in [2.05, 4.69) is 6.07 Å². The Kier molecular flexibility index (Phi) is 3.07. The predicted octanol–water partition coefficient (Wildman–Crippen LogP) is 1.92. The summed E-state index contributed by atoms with van der Waals surface area (Å²) in [5.41, 5.74) is 1.54. The van der Waals surface area contributed by atoms with Crippen LogP contribution in [0.1, 0.15) is 36.5 Å². The third kappa shape index (κ3) is 2.38. The first-order valence-electron chi connectivity index (χ1n) is 6.72. The molecule has 0 spiro atoms. The van der Waals surface area contributed by atoms with Crippen molar-refractivity contribution >= 4 is 5.97 Å². The standard InChI is InChI=1S/C15H18O4/c16-14(17)11-7-15(18,8-11)9-13-12-4-2-1-3-10(12)5-6-19-13/h1-4,11,13,18H,5-9H2,(H,16,17). The molecule has 1 aliphatic heterocycles. The molecule has 1 heterocycles. The van der Waals surface area contributed by atoms with Crippen LogP contribution in [-0.2, 0) is 16.0 Å². The lowest BCUT2D eigenvalue weighted by Gasteiger charge is -2.44. The third-order valence-electron chi connectivity index (χ3n) is 4.26. The van der Waals surface area contributed by atoms with E-state index >= 15 is 0 Å². The van der Waals surface area contributed by atoms with Crippen LogP contribution in [0.15, 0.2) is 24.3 Å². The maximum absolute atomic E-state index is 10.8. The van der Waals surface area contributed by atoms with Gasteiger partial charge in [-0.1, -0.05) is 24.3 Å². The lowest BCUT2D eigenvalue weighted by atomic mass is 9.67. The number of aliphatic carboxylic acids is 1. The average molecular weight is 262 g/mol. The van der Waals surface area contributed by atoms with Gasteiger partial charge in [-0.25, -0.2) is 0 Å². The van der Waals surface area contributed by atoms with Crippen LogP contribution in [0.4, 0.5) is 0 Å². The molecule has 19 heavy (non-hydrogen) atoms. The van der Waals surface area contributed by atoms with Crippen molar-refractivity contribution in [1.29, 1.82) is 0 Å². The van der Waals surface area contributed by atoms with Crippen LogP contribution >= 0.6 is 0 Å². The first-order chi connectivity index (χ1) is 9.07. The average Bonchev–Trinajstić information content (AvgIpc) is 2.36. The molecule has 0 radical (unpaired) electrons. The Bertz CT molecular complexity index is 491. The summed E-state index contributed by atoms with van der Waals surface area (Å²) < 4.78 is 5.76. The highest BCUT2D eigenvalue weighted by molar-refractivity contribution is 5.71. The van der Waals surface area contributed by atoms with Crippen LogP contribution in [0.25, 0.3) is 0 Å². The predicted molar refractivity (Wildman–Crippen MR) is 68.8 cm³/mol. The molecule has 1 aromatic rings. The second-order valence-electron chi connectivity index (χ2n) is 5.68. The van der Waals surface area contributed by atoms with E-state index < -0.39 is 17.5 Å². The van der Waals surface area contributed by atoms with Gasteiger partial charge in [0.05, 0.1) is 24.2 Å². The molecular formula is C15H18O4. The summed E-state index contributed by atoms with van der Waals surface area (Å²) in [4.78, 5) is 10.8.